The average Bonchev–Trinajstić information content (AvgIpc) is 3.29. The zero-order chi connectivity index (χ0) is 28.4. The topological polar surface area (TPSA) is 98.1 Å². The molecule has 4 N–H and O–H groups in total. The third-order valence-corrected chi connectivity index (χ3v) is 6.33. The predicted octanol–water partition coefficient (Wildman–Crippen LogP) is 5.60. The third kappa shape index (κ3) is 5.78. The lowest BCUT2D eigenvalue weighted by Gasteiger charge is -2.23. The van der Waals surface area contributed by atoms with Gasteiger partial charge in [0, 0.05) is 42.3 Å². The van der Waals surface area contributed by atoms with E-state index in [2.05, 4.69) is 25.9 Å². The standard InChI is InChI=1S/C29H23BF3N5O2/c1-29(32,33)20-12-18(10-11-22(20)31)37-28(40)36-17-8-6-16(7-9-17)14-34-24-13-23(19-4-2-3-5-25(19)39)38-26-21(30)15-35-27(24)26/h2-13,15,27,34,39H,14H2,1H3,(H2,36,37,40). The molecule has 0 saturated heterocycles. The van der Waals surface area contributed by atoms with Gasteiger partial charge in [0.05, 0.1) is 17.0 Å². The van der Waals surface area contributed by atoms with E-state index < -0.39 is 23.3 Å². The van der Waals surface area contributed by atoms with Crippen LogP contribution in [0.4, 0.5) is 29.3 Å². The summed E-state index contributed by atoms with van der Waals surface area (Å²) in [5.74, 6) is -4.34. The normalized spacial score (nSPS) is 16.2. The van der Waals surface area contributed by atoms with Gasteiger partial charge in [-0.25, -0.2) is 18.0 Å². The van der Waals surface area contributed by atoms with E-state index in [-0.39, 0.29) is 17.5 Å². The molecule has 0 saturated carbocycles. The van der Waals surface area contributed by atoms with Crippen molar-refractivity contribution in [2.24, 2.45) is 9.98 Å². The number of alkyl halides is 2. The van der Waals surface area contributed by atoms with Gasteiger partial charge in [0.2, 0.25) is 0 Å². The molecular formula is C29H23BF3N5O2. The molecule has 2 heterocycles. The van der Waals surface area contributed by atoms with Gasteiger partial charge in [0.15, 0.2) is 0 Å². The molecule has 0 spiro atoms. The van der Waals surface area contributed by atoms with Crippen LogP contribution in [0.3, 0.4) is 0 Å². The molecule has 5 rings (SSSR count). The first-order valence-electron chi connectivity index (χ1n) is 12.3. The molecule has 11 heteroatoms. The van der Waals surface area contributed by atoms with Gasteiger partial charge in [-0.1, -0.05) is 29.7 Å². The zero-order valence-corrected chi connectivity index (χ0v) is 21.3. The number of benzene rings is 3. The van der Waals surface area contributed by atoms with Crippen molar-refractivity contribution in [3.8, 4) is 5.75 Å². The first-order valence-corrected chi connectivity index (χ1v) is 12.3. The van der Waals surface area contributed by atoms with Crippen LogP contribution < -0.4 is 16.0 Å². The van der Waals surface area contributed by atoms with E-state index in [1.54, 1.807) is 48.7 Å². The summed E-state index contributed by atoms with van der Waals surface area (Å²) < 4.78 is 40.9. The summed E-state index contributed by atoms with van der Waals surface area (Å²) in [7, 11) is 6.09. The van der Waals surface area contributed by atoms with E-state index >= 15 is 0 Å². The Balaban J connectivity index is 1.23. The van der Waals surface area contributed by atoms with Crippen LogP contribution in [-0.2, 0) is 12.5 Å². The van der Waals surface area contributed by atoms with Crippen molar-refractivity contribution in [3.05, 3.63) is 112 Å². The Bertz CT molecular complexity index is 1590. The summed E-state index contributed by atoms with van der Waals surface area (Å²) in [6.07, 6.45) is 3.40. The molecule has 3 aromatic rings. The number of urea groups is 1. The Hall–Kier alpha value is -4.80. The first kappa shape index (κ1) is 26.8. The lowest BCUT2D eigenvalue weighted by molar-refractivity contribution is 0.0138. The van der Waals surface area contributed by atoms with Crippen molar-refractivity contribution in [3.63, 3.8) is 0 Å². The zero-order valence-electron chi connectivity index (χ0n) is 21.3. The van der Waals surface area contributed by atoms with Crippen molar-refractivity contribution >= 4 is 37.2 Å². The Labute approximate surface area is 229 Å². The van der Waals surface area contributed by atoms with Gasteiger partial charge in [-0.3, -0.25) is 9.98 Å². The van der Waals surface area contributed by atoms with E-state index in [4.69, 9.17) is 7.85 Å². The number of dihydropyridines is 1. The predicted molar refractivity (Wildman–Crippen MR) is 150 cm³/mol. The number of hydrogen-bond donors (Lipinski definition) is 4. The molecular weight excluding hydrogens is 518 g/mol. The van der Waals surface area contributed by atoms with Gasteiger partial charge in [-0.2, -0.15) is 0 Å². The first-order chi connectivity index (χ1) is 19.1. The number of nitrogens with one attached hydrogen (secondary N) is 3. The Morgan fingerprint density at radius 2 is 1.75 bits per heavy atom. The summed E-state index contributed by atoms with van der Waals surface area (Å²) in [4.78, 5) is 21.4. The smallest absolute Gasteiger partial charge is 0.323 e. The number of rotatable bonds is 7. The molecule has 1 atom stereocenters. The quantitative estimate of drug-likeness (QED) is 0.294. The fraction of sp³-hybridized carbons (Fsp3) is 0.138. The molecule has 2 amide bonds. The summed E-state index contributed by atoms with van der Waals surface area (Å²) in [5.41, 5.74) is 3.54. The van der Waals surface area contributed by atoms with Crippen LogP contribution in [0, 0.1) is 5.82 Å². The minimum absolute atomic E-state index is 0.0346. The highest BCUT2D eigenvalue weighted by Gasteiger charge is 2.29. The highest BCUT2D eigenvalue weighted by molar-refractivity contribution is 6.34. The summed E-state index contributed by atoms with van der Waals surface area (Å²) >= 11 is 0. The Morgan fingerprint density at radius 3 is 2.48 bits per heavy atom. The SMILES string of the molecule is [B]C1=C2N=C(c3ccccc3O)C=C(NCc3ccc(NC(=O)Nc4ccc(F)c(C(C)(F)F)c4)cc3)C2N=C1. The molecule has 0 aromatic heterocycles. The number of carbonyl (C=O) groups is 1. The molecule has 0 bridgehead atoms. The van der Waals surface area contributed by atoms with E-state index in [0.29, 0.717) is 41.6 Å². The lowest BCUT2D eigenvalue weighted by Crippen LogP contribution is -2.27. The summed E-state index contributed by atoms with van der Waals surface area (Å²) in [6.45, 7) is 1.01. The highest BCUT2D eigenvalue weighted by atomic mass is 19.3. The number of anilines is 2. The molecule has 2 aliphatic rings. The van der Waals surface area contributed by atoms with Crippen LogP contribution in [0.1, 0.15) is 23.6 Å². The maximum atomic E-state index is 13.7. The highest BCUT2D eigenvalue weighted by Crippen LogP contribution is 2.32. The van der Waals surface area contributed by atoms with Crippen LogP contribution in [0.2, 0.25) is 0 Å². The van der Waals surface area contributed by atoms with Crippen molar-refractivity contribution < 1.29 is 23.1 Å². The van der Waals surface area contributed by atoms with Crippen molar-refractivity contribution in [1.82, 2.24) is 5.32 Å². The number of aliphatic imine (C=N–C) groups is 2. The minimum atomic E-state index is -3.39. The minimum Gasteiger partial charge on any atom is -0.507 e. The van der Waals surface area contributed by atoms with Crippen LogP contribution in [0.15, 0.2) is 99.7 Å². The van der Waals surface area contributed by atoms with Crippen LogP contribution in [0.25, 0.3) is 0 Å². The Morgan fingerprint density at radius 1 is 1.05 bits per heavy atom. The second-order valence-corrected chi connectivity index (χ2v) is 9.35. The van der Waals surface area contributed by atoms with E-state index in [9.17, 15) is 23.1 Å². The van der Waals surface area contributed by atoms with Gasteiger partial charge < -0.3 is 21.1 Å². The monoisotopic (exact) mass is 541 g/mol. The van der Waals surface area contributed by atoms with E-state index in [0.717, 1.165) is 23.4 Å². The number of carbonyl (C=O) groups excluding carboxylic acids is 1. The number of hydrogen-bond acceptors (Lipinski definition) is 5. The molecule has 2 radical (unpaired) electrons. The average molecular weight is 541 g/mol. The number of aromatic hydroxyl groups is 1. The van der Waals surface area contributed by atoms with Gasteiger partial charge in [-0.05, 0) is 54.1 Å². The van der Waals surface area contributed by atoms with Gasteiger partial charge in [0.1, 0.15) is 25.5 Å². The molecule has 3 aromatic carbocycles. The van der Waals surface area contributed by atoms with Gasteiger partial charge in [0.25, 0.3) is 5.92 Å². The number of phenols is 1. The molecule has 200 valence electrons. The van der Waals surface area contributed by atoms with Crippen molar-refractivity contribution in [2.75, 3.05) is 10.6 Å². The maximum absolute atomic E-state index is 13.7. The van der Waals surface area contributed by atoms with E-state index in [1.807, 2.05) is 12.1 Å². The molecule has 0 aliphatic carbocycles. The number of fused-ring (bicyclic) bond motifs is 1. The largest absolute Gasteiger partial charge is 0.507 e. The number of halogens is 3. The second kappa shape index (κ2) is 10.8. The summed E-state index contributed by atoms with van der Waals surface area (Å²) in [6, 6.07) is 15.8. The number of nitrogens with zero attached hydrogens (tertiary/aromatic N) is 2. The molecule has 0 fully saturated rings. The lowest BCUT2D eigenvalue weighted by atomic mass is 9.91. The van der Waals surface area contributed by atoms with Crippen LogP contribution in [0.5, 0.6) is 5.75 Å². The molecule has 40 heavy (non-hydrogen) atoms. The number of phenolic OH excluding ortho intramolecular Hbond substituents is 1. The van der Waals surface area contributed by atoms with Gasteiger partial charge >= 0.3 is 6.03 Å². The van der Waals surface area contributed by atoms with E-state index in [1.165, 1.54) is 6.07 Å². The fourth-order valence-corrected chi connectivity index (χ4v) is 4.31. The number of amides is 2. The molecule has 1 unspecified atom stereocenters. The number of para-hydroxylation sites is 1. The summed E-state index contributed by atoms with van der Waals surface area (Å²) in [5, 5.41) is 18.7. The maximum Gasteiger partial charge on any atom is 0.323 e. The third-order valence-electron chi connectivity index (χ3n) is 6.33. The fourth-order valence-electron chi connectivity index (χ4n) is 4.31. The molecule has 2 aliphatic heterocycles. The Kier molecular flexibility index (Phi) is 7.21. The van der Waals surface area contributed by atoms with Gasteiger partial charge in [-0.15, -0.1) is 0 Å². The molecule has 7 nitrogen and oxygen atoms in total. The van der Waals surface area contributed by atoms with Crippen LogP contribution in [-0.4, -0.2) is 37.0 Å². The van der Waals surface area contributed by atoms with Crippen molar-refractivity contribution in [1.29, 1.82) is 0 Å². The number of allylic oxidation sites excluding steroid dienone is 2. The van der Waals surface area contributed by atoms with Crippen LogP contribution >= 0.6 is 0 Å². The van der Waals surface area contributed by atoms with Crippen molar-refractivity contribution in [2.45, 2.75) is 25.4 Å². The second-order valence-electron chi connectivity index (χ2n) is 9.35.